The summed E-state index contributed by atoms with van der Waals surface area (Å²) < 4.78 is 14.1. The van der Waals surface area contributed by atoms with E-state index in [0.29, 0.717) is 29.5 Å². The summed E-state index contributed by atoms with van der Waals surface area (Å²) >= 11 is 0. The van der Waals surface area contributed by atoms with Crippen LogP contribution >= 0.6 is 0 Å². The maximum atomic E-state index is 14.6. The number of nitrogens with zero attached hydrogens (tertiary/aromatic N) is 1. The first-order valence-electron chi connectivity index (χ1n) is 26.3. The van der Waals surface area contributed by atoms with Gasteiger partial charge >= 0.3 is 5.97 Å². The van der Waals surface area contributed by atoms with Crippen molar-refractivity contribution in [2.24, 2.45) is 29.4 Å². The minimum atomic E-state index is -1.34. The number of benzene rings is 3. The summed E-state index contributed by atoms with van der Waals surface area (Å²) in [4.78, 5) is 125. The molecule has 0 saturated carbocycles. The second kappa shape index (κ2) is 29.8. The molecule has 0 radical (unpaired) electrons. The van der Waals surface area contributed by atoms with Gasteiger partial charge in [0.2, 0.25) is 47.3 Å². The van der Waals surface area contributed by atoms with E-state index in [0.717, 1.165) is 0 Å². The molecule has 1 aliphatic heterocycles. The lowest BCUT2D eigenvalue weighted by atomic mass is 9.99. The van der Waals surface area contributed by atoms with Crippen molar-refractivity contribution in [3.8, 4) is 5.75 Å². The molecule has 11 N–H and O–H groups in total. The number of carboxylic acid groups (broad SMARTS) is 1. The molecular formula is C56H78FN9O11. The van der Waals surface area contributed by atoms with Crippen molar-refractivity contribution in [2.45, 2.75) is 149 Å². The molecular weight excluding hydrogens is 994 g/mol. The fourth-order valence-electron chi connectivity index (χ4n) is 8.91. The van der Waals surface area contributed by atoms with Crippen LogP contribution in [0.2, 0.25) is 0 Å². The number of hydrogen-bond acceptors (Lipinski definition) is 11. The number of carbonyl (C=O) groups is 9. The number of likely N-dealkylation sites (tertiary alicyclic amines) is 1. The molecule has 1 aliphatic rings. The molecule has 3 aromatic rings. The summed E-state index contributed by atoms with van der Waals surface area (Å²) in [5.41, 5.74) is 7.81. The SMILES string of the molecule is CC(C)C[C@H](NC(=O)[C@@H](N)CC(C)C)C(=O)N[C@@H](Cc1ccccc1)C(=O)NCC(=O)N[C@@H](Cc1ccc(F)cc1)C(=O)N1CCC[C@H]1C(=O)N[C@H](C(=O)N[C@@H](Cc1ccc(O)cc1)C(=O)N[C@H](C(=O)O)C(C)C)C(C)C. The zero-order valence-corrected chi connectivity index (χ0v) is 45.3. The largest absolute Gasteiger partial charge is 0.508 e. The number of halogens is 1. The number of amides is 8. The van der Waals surface area contributed by atoms with Crippen molar-refractivity contribution in [2.75, 3.05) is 13.1 Å². The molecule has 0 aromatic heterocycles. The Labute approximate surface area is 450 Å². The Balaban J connectivity index is 1.53. The molecule has 1 heterocycles. The van der Waals surface area contributed by atoms with Gasteiger partial charge in [0.1, 0.15) is 53.9 Å². The molecule has 420 valence electrons. The zero-order valence-electron chi connectivity index (χ0n) is 45.3. The van der Waals surface area contributed by atoms with Gasteiger partial charge in [0, 0.05) is 25.8 Å². The third-order valence-electron chi connectivity index (χ3n) is 13.1. The lowest BCUT2D eigenvalue weighted by molar-refractivity contribution is -0.143. The van der Waals surface area contributed by atoms with Gasteiger partial charge in [0.15, 0.2) is 0 Å². The van der Waals surface area contributed by atoms with Crippen LogP contribution in [-0.4, -0.2) is 130 Å². The summed E-state index contributed by atoms with van der Waals surface area (Å²) in [6.07, 6.45) is 0.935. The number of carboxylic acids is 1. The summed E-state index contributed by atoms with van der Waals surface area (Å²) in [7, 11) is 0. The summed E-state index contributed by atoms with van der Waals surface area (Å²) in [5, 5.41) is 38.3. The van der Waals surface area contributed by atoms with Gasteiger partial charge < -0.3 is 58.1 Å². The fourth-order valence-corrected chi connectivity index (χ4v) is 8.91. The Morgan fingerprint density at radius 2 is 1.09 bits per heavy atom. The van der Waals surface area contributed by atoms with Crippen LogP contribution in [0.3, 0.4) is 0 Å². The van der Waals surface area contributed by atoms with Crippen LogP contribution in [-0.2, 0) is 62.4 Å². The highest BCUT2D eigenvalue weighted by atomic mass is 19.1. The summed E-state index contributed by atoms with van der Waals surface area (Å²) in [6.45, 7) is 13.6. The van der Waals surface area contributed by atoms with Crippen molar-refractivity contribution in [1.82, 2.24) is 42.1 Å². The zero-order chi connectivity index (χ0) is 57.1. The Kier molecular flexibility index (Phi) is 24.0. The van der Waals surface area contributed by atoms with Crippen molar-refractivity contribution >= 4 is 53.2 Å². The molecule has 0 aliphatic carbocycles. The van der Waals surface area contributed by atoms with Gasteiger partial charge in [-0.2, -0.15) is 0 Å². The van der Waals surface area contributed by atoms with Crippen molar-refractivity contribution in [1.29, 1.82) is 0 Å². The van der Waals surface area contributed by atoms with Crippen LogP contribution in [0.1, 0.15) is 97.8 Å². The highest BCUT2D eigenvalue weighted by molar-refractivity contribution is 5.98. The van der Waals surface area contributed by atoms with E-state index in [9.17, 15) is 57.8 Å². The Hall–Kier alpha value is -7.42. The maximum Gasteiger partial charge on any atom is 0.326 e. The first-order valence-corrected chi connectivity index (χ1v) is 26.3. The van der Waals surface area contributed by atoms with Crippen LogP contribution < -0.4 is 43.0 Å². The molecule has 20 nitrogen and oxygen atoms in total. The highest BCUT2D eigenvalue weighted by Gasteiger charge is 2.40. The van der Waals surface area contributed by atoms with Gasteiger partial charge in [0.05, 0.1) is 12.6 Å². The average molecular weight is 1070 g/mol. The summed E-state index contributed by atoms with van der Waals surface area (Å²) in [5.74, 6) is -8.46. The van der Waals surface area contributed by atoms with Crippen LogP contribution in [0.4, 0.5) is 4.39 Å². The number of carbonyl (C=O) groups excluding carboxylic acids is 8. The van der Waals surface area contributed by atoms with E-state index < -0.39 is 126 Å². The van der Waals surface area contributed by atoms with Crippen molar-refractivity contribution < 1.29 is 57.8 Å². The third kappa shape index (κ3) is 19.9. The van der Waals surface area contributed by atoms with E-state index in [4.69, 9.17) is 5.73 Å². The standard InChI is InChI=1S/C56H78FN9O11/c1-31(2)25-40(58)49(69)61-41(26-32(3)4)51(71)62-42(27-35-13-10-9-11-14-35)50(70)59-30-46(68)60-44(29-36-16-20-38(57)21-17-36)55(75)66-24-12-15-45(66)53(73)64-47(33(5)6)54(74)63-43(28-37-18-22-39(67)23-19-37)52(72)65-48(34(7)8)56(76)77/h9-11,13-14,16-23,31-34,40-45,47-48,67H,12,15,24-30,58H2,1-8H3,(H,59,70)(H,60,68)(H,61,69)(H,62,71)(H,63,74)(H,64,73)(H,65,72)(H,76,77)/t40-,41-,42-,43-,44-,45-,47-,48-/m0/s1. The lowest BCUT2D eigenvalue weighted by Crippen LogP contribution is -2.60. The number of nitrogens with one attached hydrogen (secondary N) is 7. The highest BCUT2D eigenvalue weighted by Crippen LogP contribution is 2.22. The van der Waals surface area contributed by atoms with E-state index in [2.05, 4.69) is 37.2 Å². The Morgan fingerprint density at radius 1 is 0.584 bits per heavy atom. The fraction of sp³-hybridized carbons (Fsp3) is 0.518. The van der Waals surface area contributed by atoms with Gasteiger partial charge in [-0.25, -0.2) is 9.18 Å². The molecule has 0 bridgehead atoms. The summed E-state index contributed by atoms with van der Waals surface area (Å²) in [6, 6.07) is 10.5. The predicted octanol–water partition coefficient (Wildman–Crippen LogP) is 2.39. The minimum absolute atomic E-state index is 0.0138. The van der Waals surface area contributed by atoms with E-state index in [1.165, 1.54) is 41.3 Å². The second-order valence-corrected chi connectivity index (χ2v) is 21.3. The molecule has 4 rings (SSSR count). The smallest absolute Gasteiger partial charge is 0.326 e. The lowest BCUT2D eigenvalue weighted by Gasteiger charge is -2.31. The van der Waals surface area contributed by atoms with Gasteiger partial charge in [-0.15, -0.1) is 0 Å². The van der Waals surface area contributed by atoms with Gasteiger partial charge in [-0.05, 0) is 90.3 Å². The molecule has 0 unspecified atom stereocenters. The van der Waals surface area contributed by atoms with E-state index in [1.807, 2.05) is 27.7 Å². The molecule has 21 heteroatoms. The molecule has 1 saturated heterocycles. The van der Waals surface area contributed by atoms with Gasteiger partial charge in [0.25, 0.3) is 0 Å². The first kappa shape index (κ1) is 62.1. The van der Waals surface area contributed by atoms with Gasteiger partial charge in [-0.3, -0.25) is 38.4 Å². The van der Waals surface area contributed by atoms with E-state index in [-0.39, 0.29) is 56.2 Å². The molecule has 1 fully saturated rings. The number of rotatable bonds is 28. The third-order valence-corrected chi connectivity index (χ3v) is 13.1. The number of aliphatic carboxylic acids is 1. The quantitative estimate of drug-likeness (QED) is 0.0502. The molecule has 3 aromatic carbocycles. The second-order valence-electron chi connectivity index (χ2n) is 21.3. The average Bonchev–Trinajstić information content (AvgIpc) is 3.87. The van der Waals surface area contributed by atoms with Crippen LogP contribution in [0, 0.1) is 29.5 Å². The van der Waals surface area contributed by atoms with Crippen LogP contribution in [0.15, 0.2) is 78.9 Å². The van der Waals surface area contributed by atoms with Crippen molar-refractivity contribution in [3.05, 3.63) is 101 Å². The minimum Gasteiger partial charge on any atom is -0.508 e. The molecule has 77 heavy (non-hydrogen) atoms. The molecule has 8 atom stereocenters. The predicted molar refractivity (Wildman–Crippen MR) is 286 cm³/mol. The van der Waals surface area contributed by atoms with Crippen molar-refractivity contribution in [3.63, 3.8) is 0 Å². The maximum absolute atomic E-state index is 14.6. The molecule has 8 amide bonds. The molecule has 0 spiro atoms. The number of phenolic OH excluding ortho intramolecular Hbond substituents is 1. The van der Waals surface area contributed by atoms with E-state index >= 15 is 0 Å². The number of nitrogens with two attached hydrogens (primary N) is 1. The van der Waals surface area contributed by atoms with Crippen LogP contribution in [0.5, 0.6) is 5.75 Å². The van der Waals surface area contributed by atoms with Crippen LogP contribution in [0.25, 0.3) is 0 Å². The van der Waals surface area contributed by atoms with E-state index in [1.54, 1.807) is 70.2 Å². The first-order chi connectivity index (χ1) is 36.3. The number of hydrogen-bond donors (Lipinski definition) is 10. The monoisotopic (exact) mass is 1070 g/mol. The number of phenols is 1. The topological polar surface area (TPSA) is 308 Å². The van der Waals surface area contributed by atoms with Gasteiger partial charge in [-0.1, -0.05) is 110 Å². The Morgan fingerprint density at radius 3 is 1.65 bits per heavy atom. The number of aromatic hydroxyl groups is 1. The Bertz CT molecular complexity index is 2490. The normalized spacial score (nSPS) is 16.1.